The van der Waals surface area contributed by atoms with Crippen molar-refractivity contribution in [3.63, 3.8) is 0 Å². The Balaban J connectivity index is 1.29. The summed E-state index contributed by atoms with van der Waals surface area (Å²) in [5.41, 5.74) is 5.07. The second-order valence-corrected chi connectivity index (χ2v) is 9.99. The maximum Gasteiger partial charge on any atom is 0.237 e. The largest absolute Gasteiger partial charge is 0.372 e. The molecular weight excluding hydrogens is 414 g/mol. The van der Waals surface area contributed by atoms with Crippen molar-refractivity contribution in [1.82, 2.24) is 9.80 Å². The molecule has 1 saturated heterocycles. The quantitative estimate of drug-likeness (QED) is 0.537. The van der Waals surface area contributed by atoms with E-state index in [1.54, 1.807) is 0 Å². The SMILES string of the molecule is CN(CC(=O)N1CCc2sccc2C1c1ccccc1)Cc1cccc(N2CCCC2)c1. The van der Waals surface area contributed by atoms with Gasteiger partial charge in [-0.1, -0.05) is 42.5 Å². The first-order valence-electron chi connectivity index (χ1n) is 11.6. The first-order chi connectivity index (χ1) is 15.7. The predicted molar refractivity (Wildman–Crippen MR) is 132 cm³/mol. The molecule has 0 radical (unpaired) electrons. The maximum atomic E-state index is 13.5. The summed E-state index contributed by atoms with van der Waals surface area (Å²) in [5, 5.41) is 2.16. The summed E-state index contributed by atoms with van der Waals surface area (Å²) in [7, 11) is 2.05. The third-order valence-electron chi connectivity index (χ3n) is 6.64. The Morgan fingerprint density at radius 2 is 1.84 bits per heavy atom. The molecule has 0 N–H and O–H groups in total. The van der Waals surface area contributed by atoms with Gasteiger partial charge >= 0.3 is 0 Å². The molecule has 5 heteroatoms. The molecule has 1 fully saturated rings. The van der Waals surface area contributed by atoms with Crippen LogP contribution in [0.1, 0.15) is 40.5 Å². The Morgan fingerprint density at radius 3 is 2.66 bits per heavy atom. The van der Waals surface area contributed by atoms with Gasteiger partial charge in [-0.3, -0.25) is 9.69 Å². The molecule has 1 amide bonds. The van der Waals surface area contributed by atoms with Gasteiger partial charge in [-0.05, 0) is 66.6 Å². The van der Waals surface area contributed by atoms with E-state index >= 15 is 0 Å². The van der Waals surface area contributed by atoms with Crippen LogP contribution in [0.15, 0.2) is 66.0 Å². The minimum atomic E-state index is 0.0191. The lowest BCUT2D eigenvalue weighted by Crippen LogP contribution is -2.44. The Labute approximate surface area is 195 Å². The number of hydrogen-bond donors (Lipinski definition) is 0. The van der Waals surface area contributed by atoms with Crippen LogP contribution in [0.25, 0.3) is 0 Å². The van der Waals surface area contributed by atoms with E-state index in [4.69, 9.17) is 0 Å². The number of benzene rings is 2. The molecule has 1 aromatic heterocycles. The second kappa shape index (κ2) is 9.47. The zero-order valence-corrected chi connectivity index (χ0v) is 19.6. The monoisotopic (exact) mass is 445 g/mol. The number of nitrogens with zero attached hydrogens (tertiary/aromatic N) is 3. The number of fused-ring (bicyclic) bond motifs is 1. The predicted octanol–water partition coefficient (Wildman–Crippen LogP) is 4.95. The van der Waals surface area contributed by atoms with E-state index in [0.29, 0.717) is 6.54 Å². The highest BCUT2D eigenvalue weighted by Crippen LogP contribution is 2.37. The van der Waals surface area contributed by atoms with Crippen molar-refractivity contribution in [3.8, 4) is 0 Å². The Kier molecular flexibility index (Phi) is 6.28. The van der Waals surface area contributed by atoms with Gasteiger partial charge in [0.05, 0.1) is 12.6 Å². The fourth-order valence-corrected chi connectivity index (χ4v) is 6.00. The number of carbonyl (C=O) groups excluding carboxylic acids is 1. The summed E-state index contributed by atoms with van der Waals surface area (Å²) >= 11 is 1.81. The molecule has 3 heterocycles. The Bertz CT molecular complexity index is 1060. The summed E-state index contributed by atoms with van der Waals surface area (Å²) in [5.74, 6) is 0.203. The molecule has 4 nitrogen and oxygen atoms in total. The highest BCUT2D eigenvalue weighted by molar-refractivity contribution is 7.10. The number of anilines is 1. The van der Waals surface area contributed by atoms with Crippen LogP contribution in [-0.2, 0) is 17.8 Å². The van der Waals surface area contributed by atoms with Gasteiger partial charge in [0.1, 0.15) is 0 Å². The molecule has 2 aromatic carbocycles. The molecule has 3 aromatic rings. The van der Waals surface area contributed by atoms with Crippen LogP contribution in [0, 0.1) is 0 Å². The lowest BCUT2D eigenvalue weighted by molar-refractivity contribution is -0.134. The summed E-state index contributed by atoms with van der Waals surface area (Å²) in [6, 6.07) is 21.5. The van der Waals surface area contributed by atoms with E-state index < -0.39 is 0 Å². The third-order valence-corrected chi connectivity index (χ3v) is 7.64. The van der Waals surface area contributed by atoms with Crippen LogP contribution in [0.3, 0.4) is 0 Å². The van der Waals surface area contributed by atoms with E-state index in [9.17, 15) is 4.79 Å². The fourth-order valence-electron chi connectivity index (χ4n) is 5.10. The third kappa shape index (κ3) is 4.45. The number of carbonyl (C=O) groups is 1. The highest BCUT2D eigenvalue weighted by Gasteiger charge is 2.32. The Hall–Kier alpha value is -2.63. The number of hydrogen-bond acceptors (Lipinski definition) is 4. The molecule has 5 rings (SSSR count). The van der Waals surface area contributed by atoms with Crippen LogP contribution >= 0.6 is 11.3 Å². The smallest absolute Gasteiger partial charge is 0.237 e. The average Bonchev–Trinajstić information content (AvgIpc) is 3.51. The van der Waals surface area contributed by atoms with Crippen LogP contribution in [0.2, 0.25) is 0 Å². The highest BCUT2D eigenvalue weighted by atomic mass is 32.1. The average molecular weight is 446 g/mol. The minimum Gasteiger partial charge on any atom is -0.372 e. The van der Waals surface area contributed by atoms with Gasteiger partial charge in [0.2, 0.25) is 5.91 Å². The van der Waals surface area contributed by atoms with Gasteiger partial charge in [0, 0.05) is 36.7 Å². The van der Waals surface area contributed by atoms with Crippen LogP contribution in [0.5, 0.6) is 0 Å². The fraction of sp³-hybridized carbons (Fsp3) is 0.370. The Morgan fingerprint density at radius 1 is 1.03 bits per heavy atom. The first kappa shape index (κ1) is 21.2. The number of thiophene rings is 1. The molecular formula is C27H31N3OS. The second-order valence-electron chi connectivity index (χ2n) is 8.99. The zero-order valence-electron chi connectivity index (χ0n) is 18.7. The van der Waals surface area contributed by atoms with Crippen LogP contribution < -0.4 is 4.90 Å². The summed E-state index contributed by atoms with van der Waals surface area (Å²) in [4.78, 5) is 21.6. The van der Waals surface area contributed by atoms with Crippen molar-refractivity contribution in [1.29, 1.82) is 0 Å². The number of amides is 1. The van der Waals surface area contributed by atoms with Crippen molar-refractivity contribution in [3.05, 3.63) is 87.6 Å². The zero-order chi connectivity index (χ0) is 21.9. The van der Waals surface area contributed by atoms with E-state index in [0.717, 1.165) is 32.6 Å². The summed E-state index contributed by atoms with van der Waals surface area (Å²) in [6.45, 7) is 4.29. The van der Waals surface area contributed by atoms with Gasteiger partial charge < -0.3 is 9.80 Å². The lowest BCUT2D eigenvalue weighted by Gasteiger charge is -2.37. The van der Waals surface area contributed by atoms with Crippen LogP contribution in [-0.4, -0.2) is 48.9 Å². The minimum absolute atomic E-state index is 0.0191. The van der Waals surface area contributed by atoms with Gasteiger partial charge in [-0.15, -0.1) is 11.3 Å². The van der Waals surface area contributed by atoms with E-state index in [2.05, 4.69) is 81.7 Å². The van der Waals surface area contributed by atoms with Crippen LogP contribution in [0.4, 0.5) is 5.69 Å². The molecule has 2 aliphatic rings. The molecule has 166 valence electrons. The van der Waals surface area contributed by atoms with Crippen molar-refractivity contribution >= 4 is 22.9 Å². The first-order valence-corrected chi connectivity index (χ1v) is 12.5. The van der Waals surface area contributed by atoms with Gasteiger partial charge in [-0.2, -0.15) is 0 Å². The number of likely N-dealkylation sites (N-methyl/N-ethyl adjacent to an activating group) is 1. The number of rotatable bonds is 6. The standard InChI is InChI=1S/C27H31N3OS/c1-28(19-21-8-7-11-23(18-21)29-14-5-6-15-29)20-26(31)30-16-12-25-24(13-17-32-25)27(30)22-9-3-2-4-10-22/h2-4,7-11,13,17-18,27H,5-6,12,14-16,19-20H2,1H3. The van der Waals surface area contributed by atoms with Crippen molar-refractivity contribution in [2.45, 2.75) is 31.8 Å². The molecule has 32 heavy (non-hydrogen) atoms. The molecule has 2 aliphatic heterocycles. The molecule has 1 unspecified atom stereocenters. The van der Waals surface area contributed by atoms with Gasteiger partial charge in [0.25, 0.3) is 0 Å². The normalized spacial score (nSPS) is 18.2. The summed E-state index contributed by atoms with van der Waals surface area (Å²) < 4.78 is 0. The molecule has 1 atom stereocenters. The topological polar surface area (TPSA) is 26.8 Å². The molecule has 0 spiro atoms. The molecule has 0 saturated carbocycles. The molecule has 0 aliphatic carbocycles. The van der Waals surface area contributed by atoms with E-state index in [1.165, 1.54) is 40.1 Å². The van der Waals surface area contributed by atoms with Crippen molar-refractivity contribution < 1.29 is 4.79 Å². The van der Waals surface area contributed by atoms with Gasteiger partial charge in [0.15, 0.2) is 0 Å². The lowest BCUT2D eigenvalue weighted by atomic mass is 9.93. The van der Waals surface area contributed by atoms with Crippen molar-refractivity contribution in [2.75, 3.05) is 38.1 Å². The van der Waals surface area contributed by atoms with Gasteiger partial charge in [-0.25, -0.2) is 0 Å². The van der Waals surface area contributed by atoms with E-state index in [-0.39, 0.29) is 11.9 Å². The molecule has 0 bridgehead atoms. The summed E-state index contributed by atoms with van der Waals surface area (Å²) in [6.07, 6.45) is 3.51. The van der Waals surface area contributed by atoms with Crippen molar-refractivity contribution in [2.24, 2.45) is 0 Å². The van der Waals surface area contributed by atoms with E-state index in [1.807, 2.05) is 17.4 Å². The maximum absolute atomic E-state index is 13.5.